The van der Waals surface area contributed by atoms with Gasteiger partial charge in [-0.1, -0.05) is 17.7 Å². The SMILES string of the molecule is Cc1ccc(NC(=O)Cn2c(C)nc3[nH]c(C)cc3c2=O)cc1. The molecule has 0 spiro atoms. The lowest BCUT2D eigenvalue weighted by Crippen LogP contribution is -2.30. The van der Waals surface area contributed by atoms with Gasteiger partial charge in [-0.25, -0.2) is 4.98 Å². The number of aromatic nitrogens is 3. The lowest BCUT2D eigenvalue weighted by Gasteiger charge is -2.10. The molecule has 3 aromatic rings. The van der Waals surface area contributed by atoms with E-state index >= 15 is 0 Å². The van der Waals surface area contributed by atoms with Crippen LogP contribution >= 0.6 is 0 Å². The summed E-state index contributed by atoms with van der Waals surface area (Å²) in [6.07, 6.45) is 0. The first-order valence-electron chi connectivity index (χ1n) is 7.37. The number of hydrogen-bond donors (Lipinski definition) is 2. The van der Waals surface area contributed by atoms with Crippen LogP contribution in [0.15, 0.2) is 35.1 Å². The third-order valence-corrected chi connectivity index (χ3v) is 3.71. The highest BCUT2D eigenvalue weighted by Gasteiger charge is 2.13. The Balaban J connectivity index is 1.87. The van der Waals surface area contributed by atoms with Gasteiger partial charge in [0.15, 0.2) is 0 Å². The van der Waals surface area contributed by atoms with Crippen molar-refractivity contribution in [2.75, 3.05) is 5.32 Å². The van der Waals surface area contributed by atoms with E-state index in [9.17, 15) is 9.59 Å². The van der Waals surface area contributed by atoms with E-state index in [4.69, 9.17) is 0 Å². The number of hydrogen-bond acceptors (Lipinski definition) is 3. The number of nitrogens with zero attached hydrogens (tertiary/aromatic N) is 2. The summed E-state index contributed by atoms with van der Waals surface area (Å²) in [5.74, 6) is 0.246. The number of carbonyl (C=O) groups is 1. The van der Waals surface area contributed by atoms with Gasteiger partial charge in [-0.2, -0.15) is 0 Å². The second-order valence-corrected chi connectivity index (χ2v) is 5.68. The highest BCUT2D eigenvalue weighted by Crippen LogP contribution is 2.11. The van der Waals surface area contributed by atoms with Crippen LogP contribution in [0.1, 0.15) is 17.1 Å². The van der Waals surface area contributed by atoms with Crippen molar-refractivity contribution in [3.8, 4) is 0 Å². The summed E-state index contributed by atoms with van der Waals surface area (Å²) in [5, 5.41) is 3.29. The molecule has 0 atom stereocenters. The monoisotopic (exact) mass is 310 g/mol. The first kappa shape index (κ1) is 15.0. The second kappa shape index (κ2) is 5.72. The lowest BCUT2D eigenvalue weighted by atomic mass is 10.2. The summed E-state index contributed by atoms with van der Waals surface area (Å²) in [6, 6.07) is 9.25. The van der Waals surface area contributed by atoms with Gasteiger partial charge in [0, 0.05) is 11.4 Å². The number of aryl methyl sites for hydroxylation is 3. The fourth-order valence-corrected chi connectivity index (χ4v) is 2.51. The molecular formula is C17H18N4O2. The predicted octanol–water partition coefficient (Wildman–Crippen LogP) is 2.29. The molecule has 6 nitrogen and oxygen atoms in total. The minimum atomic E-state index is -0.257. The van der Waals surface area contributed by atoms with Crippen LogP contribution in [0.5, 0.6) is 0 Å². The lowest BCUT2D eigenvalue weighted by molar-refractivity contribution is -0.116. The Morgan fingerprint density at radius 2 is 1.91 bits per heavy atom. The Hall–Kier alpha value is -2.89. The van der Waals surface area contributed by atoms with Crippen molar-refractivity contribution in [3.05, 3.63) is 57.8 Å². The number of aromatic amines is 1. The van der Waals surface area contributed by atoms with Gasteiger partial charge in [-0.3, -0.25) is 14.2 Å². The molecule has 0 radical (unpaired) electrons. The number of rotatable bonds is 3. The van der Waals surface area contributed by atoms with Crippen molar-refractivity contribution < 1.29 is 4.79 Å². The van der Waals surface area contributed by atoms with E-state index in [1.165, 1.54) is 4.57 Å². The third-order valence-electron chi connectivity index (χ3n) is 3.71. The molecule has 0 aliphatic carbocycles. The molecular weight excluding hydrogens is 292 g/mol. The van der Waals surface area contributed by atoms with Crippen molar-refractivity contribution in [1.82, 2.24) is 14.5 Å². The van der Waals surface area contributed by atoms with Crippen molar-refractivity contribution in [1.29, 1.82) is 0 Å². The average molecular weight is 310 g/mol. The number of amides is 1. The number of anilines is 1. The molecule has 0 saturated heterocycles. The Kier molecular flexibility index (Phi) is 3.73. The van der Waals surface area contributed by atoms with Crippen LogP contribution in [0.4, 0.5) is 5.69 Å². The van der Waals surface area contributed by atoms with E-state index in [1.807, 2.05) is 38.1 Å². The second-order valence-electron chi connectivity index (χ2n) is 5.68. The predicted molar refractivity (Wildman–Crippen MR) is 89.6 cm³/mol. The molecule has 0 bridgehead atoms. The first-order chi connectivity index (χ1) is 10.9. The average Bonchev–Trinajstić information content (AvgIpc) is 2.86. The number of carbonyl (C=O) groups excluding carboxylic acids is 1. The van der Waals surface area contributed by atoms with Gasteiger partial charge < -0.3 is 10.3 Å². The van der Waals surface area contributed by atoms with Crippen LogP contribution in [-0.2, 0) is 11.3 Å². The van der Waals surface area contributed by atoms with Crippen molar-refractivity contribution in [2.45, 2.75) is 27.3 Å². The van der Waals surface area contributed by atoms with Crippen LogP contribution in [0.3, 0.4) is 0 Å². The molecule has 2 heterocycles. The molecule has 0 saturated carbocycles. The zero-order valence-electron chi connectivity index (χ0n) is 13.3. The van der Waals surface area contributed by atoms with Gasteiger partial charge in [0.05, 0.1) is 5.39 Å². The summed E-state index contributed by atoms with van der Waals surface area (Å²) in [4.78, 5) is 32.1. The normalized spacial score (nSPS) is 10.9. The van der Waals surface area contributed by atoms with Crippen LogP contribution in [0.25, 0.3) is 11.0 Å². The third kappa shape index (κ3) is 3.01. The molecule has 1 amide bonds. The standard InChI is InChI=1S/C17H18N4O2/c1-10-4-6-13(7-5-10)20-15(22)9-21-12(3)19-16-14(17(21)23)8-11(2)18-16/h4-8,18H,9H2,1-3H3,(H,20,22). The Bertz CT molecular complexity index is 936. The van der Waals surface area contributed by atoms with Crippen LogP contribution in [0, 0.1) is 20.8 Å². The van der Waals surface area contributed by atoms with Crippen LogP contribution in [-0.4, -0.2) is 20.4 Å². The maximum absolute atomic E-state index is 12.5. The van der Waals surface area contributed by atoms with Gasteiger partial charge in [0.25, 0.3) is 5.56 Å². The van der Waals surface area contributed by atoms with Crippen LogP contribution < -0.4 is 10.9 Å². The summed E-state index contributed by atoms with van der Waals surface area (Å²) >= 11 is 0. The maximum atomic E-state index is 12.5. The molecule has 0 aliphatic rings. The number of benzene rings is 1. The van der Waals surface area contributed by atoms with Crippen molar-refractivity contribution in [2.24, 2.45) is 0 Å². The maximum Gasteiger partial charge on any atom is 0.263 e. The number of fused-ring (bicyclic) bond motifs is 1. The van der Waals surface area contributed by atoms with E-state index < -0.39 is 0 Å². The minimum absolute atomic E-state index is 0.0638. The quantitative estimate of drug-likeness (QED) is 0.779. The molecule has 0 fully saturated rings. The van der Waals surface area contributed by atoms with Crippen LogP contribution in [0.2, 0.25) is 0 Å². The van der Waals surface area contributed by atoms with E-state index in [0.29, 0.717) is 22.5 Å². The Morgan fingerprint density at radius 1 is 1.22 bits per heavy atom. The van der Waals surface area contributed by atoms with Gasteiger partial charge >= 0.3 is 0 Å². The zero-order chi connectivity index (χ0) is 16.6. The summed E-state index contributed by atoms with van der Waals surface area (Å²) in [6.45, 7) is 5.50. The van der Waals surface area contributed by atoms with E-state index in [1.54, 1.807) is 13.0 Å². The van der Waals surface area contributed by atoms with Gasteiger partial charge in [-0.05, 0) is 39.0 Å². The highest BCUT2D eigenvalue weighted by molar-refractivity contribution is 5.90. The molecule has 118 valence electrons. The summed E-state index contributed by atoms with van der Waals surface area (Å²) in [7, 11) is 0. The number of nitrogens with one attached hydrogen (secondary N) is 2. The molecule has 1 aromatic carbocycles. The molecule has 3 rings (SSSR count). The van der Waals surface area contributed by atoms with Gasteiger partial charge in [0.2, 0.25) is 5.91 Å². The topological polar surface area (TPSA) is 79.8 Å². The van der Waals surface area contributed by atoms with E-state index in [0.717, 1.165) is 11.3 Å². The molecule has 0 aliphatic heterocycles. The van der Waals surface area contributed by atoms with E-state index in [-0.39, 0.29) is 18.0 Å². The fraction of sp³-hybridized carbons (Fsp3) is 0.235. The molecule has 2 aromatic heterocycles. The Labute approximate surface area is 133 Å². The van der Waals surface area contributed by atoms with Crippen molar-refractivity contribution >= 4 is 22.6 Å². The smallest absolute Gasteiger partial charge is 0.263 e. The zero-order valence-corrected chi connectivity index (χ0v) is 13.3. The van der Waals surface area contributed by atoms with Gasteiger partial charge in [-0.15, -0.1) is 0 Å². The summed E-state index contributed by atoms with van der Waals surface area (Å²) in [5.41, 5.74) is 3.03. The Morgan fingerprint density at radius 3 is 2.61 bits per heavy atom. The fourth-order valence-electron chi connectivity index (χ4n) is 2.51. The first-order valence-corrected chi connectivity index (χ1v) is 7.37. The largest absolute Gasteiger partial charge is 0.343 e. The van der Waals surface area contributed by atoms with Gasteiger partial charge in [0.1, 0.15) is 18.0 Å². The minimum Gasteiger partial charge on any atom is -0.343 e. The van der Waals surface area contributed by atoms with E-state index in [2.05, 4.69) is 15.3 Å². The molecule has 6 heteroatoms. The molecule has 2 N–H and O–H groups in total. The highest BCUT2D eigenvalue weighted by atomic mass is 16.2. The number of H-pyrrole nitrogens is 1. The molecule has 0 unspecified atom stereocenters. The molecule has 23 heavy (non-hydrogen) atoms. The summed E-state index contributed by atoms with van der Waals surface area (Å²) < 4.78 is 1.39. The van der Waals surface area contributed by atoms with Crippen molar-refractivity contribution in [3.63, 3.8) is 0 Å².